The predicted octanol–water partition coefficient (Wildman–Crippen LogP) is 1.57. The first kappa shape index (κ1) is 15.8. The van der Waals surface area contributed by atoms with Gasteiger partial charge in [0.2, 0.25) is 0 Å². The Hall–Kier alpha value is -2.06. The van der Waals surface area contributed by atoms with Crippen molar-refractivity contribution in [2.75, 3.05) is 17.4 Å². The summed E-state index contributed by atoms with van der Waals surface area (Å²) in [7, 11) is -3.54. The average Bonchev–Trinajstić information content (AvgIpc) is 3.04. The number of anilines is 1. The molecule has 7 nitrogen and oxygen atoms in total. The Balaban J connectivity index is 1.89. The van der Waals surface area contributed by atoms with E-state index in [9.17, 15) is 13.5 Å². The van der Waals surface area contributed by atoms with Crippen molar-refractivity contribution in [2.24, 2.45) is 5.92 Å². The molecule has 0 bridgehead atoms. The van der Waals surface area contributed by atoms with Crippen LogP contribution in [0.2, 0.25) is 0 Å². The van der Waals surface area contributed by atoms with Crippen molar-refractivity contribution in [2.45, 2.75) is 20.4 Å². The van der Waals surface area contributed by atoms with Gasteiger partial charge in [0, 0.05) is 31.4 Å². The molecule has 0 saturated carbocycles. The average molecular weight is 336 g/mol. The molecular formula is C15H20N4O3S. The van der Waals surface area contributed by atoms with Crippen LogP contribution in [0.1, 0.15) is 13.8 Å². The Kier molecular flexibility index (Phi) is 4.03. The van der Waals surface area contributed by atoms with Crippen molar-refractivity contribution < 1.29 is 13.5 Å². The van der Waals surface area contributed by atoms with E-state index in [4.69, 9.17) is 0 Å². The lowest BCUT2D eigenvalue weighted by Gasteiger charge is -2.17. The van der Waals surface area contributed by atoms with Crippen LogP contribution in [-0.4, -0.2) is 36.4 Å². The van der Waals surface area contributed by atoms with Crippen LogP contribution >= 0.6 is 0 Å². The van der Waals surface area contributed by atoms with E-state index in [-0.39, 0.29) is 11.4 Å². The number of aromatic hydroxyl groups is 1. The minimum Gasteiger partial charge on any atom is -0.506 e. The molecule has 0 radical (unpaired) electrons. The molecule has 3 rings (SSSR count). The van der Waals surface area contributed by atoms with Gasteiger partial charge in [-0.1, -0.05) is 19.9 Å². The normalized spacial score (nSPS) is 17.1. The van der Waals surface area contributed by atoms with Crippen molar-refractivity contribution in [1.82, 2.24) is 14.5 Å². The number of phenols is 1. The monoisotopic (exact) mass is 336 g/mol. The first-order valence-corrected chi connectivity index (χ1v) is 8.94. The summed E-state index contributed by atoms with van der Waals surface area (Å²) >= 11 is 0. The molecule has 23 heavy (non-hydrogen) atoms. The lowest BCUT2D eigenvalue weighted by atomic mass is 10.1. The van der Waals surface area contributed by atoms with E-state index in [1.807, 2.05) is 10.9 Å². The third kappa shape index (κ3) is 3.18. The number of rotatable bonds is 4. The highest BCUT2D eigenvalue weighted by molar-refractivity contribution is 7.91. The second-order valence-electron chi connectivity index (χ2n) is 6.02. The van der Waals surface area contributed by atoms with Crippen molar-refractivity contribution in [3.8, 4) is 16.9 Å². The Labute approximate surface area is 135 Å². The second kappa shape index (κ2) is 5.86. The Bertz CT molecular complexity index is 814. The van der Waals surface area contributed by atoms with Crippen LogP contribution in [0, 0.1) is 5.92 Å². The van der Waals surface area contributed by atoms with E-state index in [0.29, 0.717) is 19.0 Å². The van der Waals surface area contributed by atoms with Gasteiger partial charge in [-0.05, 0) is 23.6 Å². The van der Waals surface area contributed by atoms with Gasteiger partial charge in [-0.15, -0.1) is 0 Å². The van der Waals surface area contributed by atoms with Crippen LogP contribution < -0.4 is 9.03 Å². The van der Waals surface area contributed by atoms with E-state index in [1.54, 1.807) is 24.4 Å². The van der Waals surface area contributed by atoms with Gasteiger partial charge in [0.15, 0.2) is 0 Å². The fourth-order valence-corrected chi connectivity index (χ4v) is 3.87. The van der Waals surface area contributed by atoms with Crippen LogP contribution in [-0.2, 0) is 16.8 Å². The highest BCUT2D eigenvalue weighted by Gasteiger charge is 2.29. The number of nitrogens with zero attached hydrogens (tertiary/aromatic N) is 3. The minimum atomic E-state index is -3.54. The molecule has 0 aliphatic carbocycles. The molecular weight excluding hydrogens is 316 g/mol. The minimum absolute atomic E-state index is 0.0635. The third-order valence-corrected chi connectivity index (χ3v) is 5.18. The number of phenolic OH excluding ortho intramolecular Hbond substituents is 1. The highest BCUT2D eigenvalue weighted by atomic mass is 32.2. The summed E-state index contributed by atoms with van der Waals surface area (Å²) in [6.07, 6.45) is 3.66. The van der Waals surface area contributed by atoms with Gasteiger partial charge in [-0.25, -0.2) is 0 Å². The van der Waals surface area contributed by atoms with E-state index < -0.39 is 10.2 Å². The predicted molar refractivity (Wildman–Crippen MR) is 88.4 cm³/mol. The molecule has 0 atom stereocenters. The molecule has 2 aromatic rings. The van der Waals surface area contributed by atoms with Crippen LogP contribution in [0.25, 0.3) is 11.1 Å². The quantitative estimate of drug-likeness (QED) is 0.887. The number of hydrogen-bond donors (Lipinski definition) is 2. The topological polar surface area (TPSA) is 87.5 Å². The first-order valence-electron chi connectivity index (χ1n) is 7.50. The summed E-state index contributed by atoms with van der Waals surface area (Å²) in [5, 5.41) is 14.5. The molecule has 0 amide bonds. The third-order valence-electron chi connectivity index (χ3n) is 3.65. The Morgan fingerprint density at radius 1 is 1.35 bits per heavy atom. The number of hydrogen-bond acceptors (Lipinski definition) is 4. The fourth-order valence-electron chi connectivity index (χ4n) is 2.62. The molecule has 1 saturated heterocycles. The van der Waals surface area contributed by atoms with Gasteiger partial charge in [0.1, 0.15) is 5.75 Å². The summed E-state index contributed by atoms with van der Waals surface area (Å²) in [5.41, 5.74) is 1.97. The summed E-state index contributed by atoms with van der Waals surface area (Å²) in [6.45, 7) is 5.70. The van der Waals surface area contributed by atoms with Gasteiger partial charge < -0.3 is 5.11 Å². The van der Waals surface area contributed by atoms with Gasteiger partial charge in [0.25, 0.3) is 0 Å². The second-order valence-corrected chi connectivity index (χ2v) is 7.70. The molecule has 0 spiro atoms. The molecule has 1 aliphatic rings. The first-order chi connectivity index (χ1) is 10.9. The summed E-state index contributed by atoms with van der Waals surface area (Å²) in [6, 6.07) is 4.98. The fraction of sp³-hybridized carbons (Fsp3) is 0.400. The maximum absolute atomic E-state index is 11.9. The van der Waals surface area contributed by atoms with Crippen molar-refractivity contribution in [3.05, 3.63) is 30.6 Å². The summed E-state index contributed by atoms with van der Waals surface area (Å²) < 4.78 is 29.2. The SMILES string of the molecule is CC(C)Cn1cc(-c2ccc(N3CCNS3(=O)=O)c(O)c2)cn1. The zero-order chi connectivity index (χ0) is 16.6. The zero-order valence-corrected chi connectivity index (χ0v) is 13.9. The zero-order valence-electron chi connectivity index (χ0n) is 13.1. The van der Waals surface area contributed by atoms with E-state index >= 15 is 0 Å². The molecule has 0 unspecified atom stereocenters. The van der Waals surface area contributed by atoms with Crippen LogP contribution in [0.3, 0.4) is 0 Å². The van der Waals surface area contributed by atoms with Crippen molar-refractivity contribution in [3.63, 3.8) is 0 Å². The van der Waals surface area contributed by atoms with Gasteiger partial charge in [0.05, 0.1) is 11.9 Å². The molecule has 1 aliphatic heterocycles. The van der Waals surface area contributed by atoms with Crippen LogP contribution in [0.5, 0.6) is 5.75 Å². The molecule has 1 aromatic carbocycles. The van der Waals surface area contributed by atoms with Gasteiger partial charge in [-0.2, -0.15) is 18.2 Å². The largest absolute Gasteiger partial charge is 0.506 e. The van der Waals surface area contributed by atoms with Gasteiger partial charge >= 0.3 is 10.2 Å². The van der Waals surface area contributed by atoms with Crippen molar-refractivity contribution >= 4 is 15.9 Å². The molecule has 2 heterocycles. The molecule has 124 valence electrons. The lowest BCUT2D eigenvalue weighted by Crippen LogP contribution is -2.29. The standard InChI is InChI=1S/C15H20N4O3S/c1-11(2)9-18-10-13(8-16-18)12-3-4-14(15(20)7-12)19-6-5-17-23(19,21)22/h3-4,7-8,10-11,17,20H,5-6,9H2,1-2H3. The maximum atomic E-state index is 11.9. The molecule has 1 fully saturated rings. The summed E-state index contributed by atoms with van der Waals surface area (Å²) in [4.78, 5) is 0. The van der Waals surface area contributed by atoms with Gasteiger partial charge in [-0.3, -0.25) is 8.99 Å². The molecule has 2 N–H and O–H groups in total. The number of aromatic nitrogens is 2. The Morgan fingerprint density at radius 2 is 2.13 bits per heavy atom. The Morgan fingerprint density at radius 3 is 2.74 bits per heavy atom. The molecule has 8 heteroatoms. The van der Waals surface area contributed by atoms with E-state index in [2.05, 4.69) is 23.7 Å². The lowest BCUT2D eigenvalue weighted by molar-refractivity contribution is 0.476. The molecule has 1 aromatic heterocycles. The summed E-state index contributed by atoms with van der Waals surface area (Å²) in [5.74, 6) is 0.429. The maximum Gasteiger partial charge on any atom is 0.301 e. The number of nitrogens with one attached hydrogen (secondary N) is 1. The number of benzene rings is 1. The van der Waals surface area contributed by atoms with E-state index in [0.717, 1.165) is 17.7 Å². The van der Waals surface area contributed by atoms with Crippen LogP contribution in [0.15, 0.2) is 30.6 Å². The van der Waals surface area contributed by atoms with E-state index in [1.165, 1.54) is 4.31 Å². The smallest absolute Gasteiger partial charge is 0.301 e. The van der Waals surface area contributed by atoms with Crippen molar-refractivity contribution in [1.29, 1.82) is 0 Å². The van der Waals surface area contributed by atoms with Crippen LogP contribution in [0.4, 0.5) is 5.69 Å². The highest BCUT2D eigenvalue weighted by Crippen LogP contribution is 2.34.